The van der Waals surface area contributed by atoms with Crippen molar-refractivity contribution < 1.29 is 9.50 Å². The zero-order valence-electron chi connectivity index (χ0n) is 12.8. The maximum absolute atomic E-state index is 14.3. The van der Waals surface area contributed by atoms with Crippen LogP contribution in [0.3, 0.4) is 0 Å². The summed E-state index contributed by atoms with van der Waals surface area (Å²) < 4.78 is 14.3. The number of hydrogen-bond donors (Lipinski definition) is 2. The summed E-state index contributed by atoms with van der Waals surface area (Å²) in [5.41, 5.74) is 1.27. The molecule has 1 aliphatic carbocycles. The lowest BCUT2D eigenvalue weighted by Gasteiger charge is -2.36. The summed E-state index contributed by atoms with van der Waals surface area (Å²) in [6.07, 6.45) is 3.46. The number of halogens is 3. The van der Waals surface area contributed by atoms with Crippen LogP contribution in [0.15, 0.2) is 12.1 Å². The third kappa shape index (κ3) is 4.25. The number of aromatic hydroxyl groups is 1. The number of nitrogens with zero attached hydrogens (tertiary/aromatic N) is 1. The fourth-order valence-corrected chi connectivity index (χ4v) is 3.12. The second-order valence-corrected chi connectivity index (χ2v) is 6.11. The third-order valence-electron chi connectivity index (χ3n) is 4.54. The minimum absolute atomic E-state index is 0. The lowest BCUT2D eigenvalue weighted by Crippen LogP contribution is -2.45. The van der Waals surface area contributed by atoms with E-state index >= 15 is 0 Å². The van der Waals surface area contributed by atoms with Gasteiger partial charge in [0.1, 0.15) is 11.6 Å². The van der Waals surface area contributed by atoms with Crippen LogP contribution in [0.4, 0.5) is 4.39 Å². The molecule has 0 amide bonds. The van der Waals surface area contributed by atoms with E-state index in [1.54, 1.807) is 6.07 Å². The number of hydrogen-bond acceptors (Lipinski definition) is 3. The number of rotatable bonds is 4. The first kappa shape index (κ1) is 19.5. The predicted molar refractivity (Wildman–Crippen MR) is 91.8 cm³/mol. The SMILES string of the molecule is Cc1ccc(F)c([C@@H](CC2CC2)N2CCNCC2)c1O.Cl.Cl. The molecule has 0 spiro atoms. The van der Waals surface area contributed by atoms with Gasteiger partial charge in [-0.25, -0.2) is 4.39 Å². The smallest absolute Gasteiger partial charge is 0.131 e. The Morgan fingerprint density at radius 1 is 1.27 bits per heavy atom. The largest absolute Gasteiger partial charge is 0.507 e. The van der Waals surface area contributed by atoms with Crippen LogP contribution in [0.1, 0.15) is 36.4 Å². The van der Waals surface area contributed by atoms with E-state index < -0.39 is 0 Å². The zero-order chi connectivity index (χ0) is 14.1. The van der Waals surface area contributed by atoms with Crippen molar-refractivity contribution in [1.82, 2.24) is 10.2 Å². The van der Waals surface area contributed by atoms with Crippen molar-refractivity contribution in [1.29, 1.82) is 0 Å². The fourth-order valence-electron chi connectivity index (χ4n) is 3.12. The molecule has 3 nitrogen and oxygen atoms in total. The Morgan fingerprint density at radius 2 is 1.91 bits per heavy atom. The van der Waals surface area contributed by atoms with Crippen molar-refractivity contribution in [3.05, 3.63) is 29.1 Å². The first-order valence-electron chi connectivity index (χ1n) is 7.59. The number of nitrogens with one attached hydrogen (secondary N) is 1. The van der Waals surface area contributed by atoms with E-state index in [2.05, 4.69) is 10.2 Å². The fraction of sp³-hybridized carbons (Fsp3) is 0.625. The molecular weight excluding hydrogens is 326 g/mol. The van der Waals surface area contributed by atoms with Crippen LogP contribution in [0.25, 0.3) is 0 Å². The van der Waals surface area contributed by atoms with Crippen LogP contribution in [0, 0.1) is 18.7 Å². The van der Waals surface area contributed by atoms with E-state index in [0.29, 0.717) is 11.5 Å². The van der Waals surface area contributed by atoms with E-state index in [1.165, 1.54) is 18.9 Å². The molecule has 2 aliphatic rings. The van der Waals surface area contributed by atoms with Crippen LogP contribution in [0.5, 0.6) is 5.75 Å². The normalized spacial score (nSPS) is 19.9. The van der Waals surface area contributed by atoms with Gasteiger partial charge < -0.3 is 10.4 Å². The molecule has 126 valence electrons. The molecule has 1 heterocycles. The highest BCUT2D eigenvalue weighted by molar-refractivity contribution is 5.85. The lowest BCUT2D eigenvalue weighted by molar-refractivity contribution is 0.154. The zero-order valence-corrected chi connectivity index (χ0v) is 14.5. The van der Waals surface area contributed by atoms with E-state index in [9.17, 15) is 9.50 Å². The van der Waals surface area contributed by atoms with Crippen LogP contribution in [-0.2, 0) is 0 Å². The van der Waals surface area contributed by atoms with Crippen molar-refractivity contribution >= 4 is 24.8 Å². The number of benzene rings is 1. The van der Waals surface area contributed by atoms with E-state index in [-0.39, 0.29) is 42.4 Å². The van der Waals surface area contributed by atoms with Gasteiger partial charge in [0.05, 0.1) is 0 Å². The van der Waals surface area contributed by atoms with Crippen molar-refractivity contribution in [2.45, 2.75) is 32.2 Å². The highest BCUT2D eigenvalue weighted by Crippen LogP contribution is 2.43. The molecule has 2 fully saturated rings. The Bertz CT molecular complexity index is 491. The van der Waals surface area contributed by atoms with Gasteiger partial charge in [-0.1, -0.05) is 18.9 Å². The monoisotopic (exact) mass is 350 g/mol. The first-order valence-corrected chi connectivity index (χ1v) is 7.59. The molecule has 0 bridgehead atoms. The lowest BCUT2D eigenvalue weighted by atomic mass is 9.95. The van der Waals surface area contributed by atoms with Gasteiger partial charge in [-0.05, 0) is 30.9 Å². The van der Waals surface area contributed by atoms with Gasteiger partial charge in [-0.3, -0.25) is 4.90 Å². The molecule has 1 atom stereocenters. The molecule has 1 aromatic carbocycles. The van der Waals surface area contributed by atoms with E-state index in [4.69, 9.17) is 0 Å². The van der Waals surface area contributed by atoms with Gasteiger partial charge in [-0.2, -0.15) is 0 Å². The second kappa shape index (κ2) is 8.34. The molecule has 1 saturated carbocycles. The Hall–Kier alpha value is -0.550. The minimum Gasteiger partial charge on any atom is -0.507 e. The molecule has 6 heteroatoms. The molecule has 3 rings (SSSR count). The number of piperazine rings is 1. The average Bonchev–Trinajstić information content (AvgIpc) is 3.27. The molecule has 1 saturated heterocycles. The first-order chi connectivity index (χ1) is 9.66. The summed E-state index contributed by atoms with van der Waals surface area (Å²) in [5.74, 6) is 0.584. The summed E-state index contributed by atoms with van der Waals surface area (Å²) >= 11 is 0. The molecule has 1 aliphatic heterocycles. The van der Waals surface area contributed by atoms with Gasteiger partial charge in [0.25, 0.3) is 0 Å². The standard InChI is InChI=1S/C16H23FN2O.2ClH/c1-11-2-5-13(17)15(16(11)20)14(10-12-3-4-12)19-8-6-18-7-9-19;;/h2,5,12,14,18,20H,3-4,6-10H2,1H3;2*1H/t14-;;/m1../s1. The van der Waals surface area contributed by atoms with Gasteiger partial charge in [0.2, 0.25) is 0 Å². The molecular formula is C16H25Cl2FN2O. The summed E-state index contributed by atoms with van der Waals surface area (Å²) in [6.45, 7) is 5.56. The third-order valence-corrected chi connectivity index (χ3v) is 4.54. The maximum atomic E-state index is 14.3. The molecule has 1 aromatic rings. The highest BCUT2D eigenvalue weighted by atomic mass is 35.5. The minimum atomic E-state index is -0.266. The van der Waals surface area contributed by atoms with Crippen molar-refractivity contribution in [2.24, 2.45) is 5.92 Å². The molecule has 22 heavy (non-hydrogen) atoms. The molecule has 0 radical (unpaired) electrons. The van der Waals surface area contributed by atoms with Gasteiger partial charge >= 0.3 is 0 Å². The van der Waals surface area contributed by atoms with Crippen LogP contribution in [0.2, 0.25) is 0 Å². The summed E-state index contributed by atoms with van der Waals surface area (Å²) in [7, 11) is 0. The van der Waals surface area contributed by atoms with Gasteiger partial charge in [0, 0.05) is 37.8 Å². The molecule has 0 unspecified atom stereocenters. The Balaban J connectivity index is 0.00000121. The van der Waals surface area contributed by atoms with Gasteiger partial charge in [0.15, 0.2) is 0 Å². The summed E-state index contributed by atoms with van der Waals surface area (Å²) in [5, 5.41) is 13.7. The maximum Gasteiger partial charge on any atom is 0.131 e. The number of aryl methyl sites for hydroxylation is 1. The quantitative estimate of drug-likeness (QED) is 0.873. The summed E-state index contributed by atoms with van der Waals surface area (Å²) in [4.78, 5) is 2.33. The number of phenols is 1. The topological polar surface area (TPSA) is 35.5 Å². The Labute approximate surface area is 144 Å². The number of phenolic OH excluding ortho intramolecular Hbond substituents is 1. The summed E-state index contributed by atoms with van der Waals surface area (Å²) in [6, 6.07) is 3.16. The Morgan fingerprint density at radius 3 is 2.50 bits per heavy atom. The van der Waals surface area contributed by atoms with Crippen molar-refractivity contribution in [3.8, 4) is 5.75 Å². The highest BCUT2D eigenvalue weighted by Gasteiger charge is 2.33. The van der Waals surface area contributed by atoms with E-state index in [1.807, 2.05) is 6.92 Å². The van der Waals surface area contributed by atoms with E-state index in [0.717, 1.165) is 38.2 Å². The van der Waals surface area contributed by atoms with Crippen molar-refractivity contribution in [2.75, 3.05) is 26.2 Å². The predicted octanol–water partition coefficient (Wildman–Crippen LogP) is 3.43. The van der Waals surface area contributed by atoms with Gasteiger partial charge in [-0.15, -0.1) is 24.8 Å². The van der Waals surface area contributed by atoms with Crippen LogP contribution >= 0.6 is 24.8 Å². The van der Waals surface area contributed by atoms with Crippen LogP contribution in [-0.4, -0.2) is 36.2 Å². The second-order valence-electron chi connectivity index (χ2n) is 6.11. The van der Waals surface area contributed by atoms with Crippen LogP contribution < -0.4 is 5.32 Å². The molecule has 2 N–H and O–H groups in total. The molecule has 0 aromatic heterocycles. The Kier molecular flexibility index (Phi) is 7.39. The average molecular weight is 351 g/mol. The van der Waals surface area contributed by atoms with Crippen molar-refractivity contribution in [3.63, 3.8) is 0 Å².